The zero-order valence-corrected chi connectivity index (χ0v) is 19.2. The van der Waals surface area contributed by atoms with Crippen LogP contribution in [0.1, 0.15) is 34.8 Å². The number of hydrogen-bond acceptors (Lipinski definition) is 7. The molecular weight excluding hydrogens is 438 g/mol. The Bertz CT molecular complexity index is 1050. The van der Waals surface area contributed by atoms with Crippen molar-refractivity contribution < 1.29 is 34.7 Å². The lowest BCUT2D eigenvalue weighted by Crippen LogP contribution is -2.60. The van der Waals surface area contributed by atoms with E-state index < -0.39 is 42.8 Å². The summed E-state index contributed by atoms with van der Waals surface area (Å²) in [6, 6.07) is 15.9. The van der Waals surface area contributed by atoms with Gasteiger partial charge in [0.15, 0.2) is 12.4 Å². The molecule has 0 amide bonds. The van der Waals surface area contributed by atoms with Gasteiger partial charge in [0.2, 0.25) is 0 Å². The monoisotopic (exact) mass is 469 g/mol. The van der Waals surface area contributed by atoms with Gasteiger partial charge in [0.25, 0.3) is 0 Å². The van der Waals surface area contributed by atoms with Crippen LogP contribution in [0.3, 0.4) is 0 Å². The minimum atomic E-state index is -1.76. The summed E-state index contributed by atoms with van der Waals surface area (Å²) in [5, 5.41) is 40.1. The molecule has 8 heteroatoms. The van der Waals surface area contributed by atoms with Crippen LogP contribution in [0, 0.1) is 0 Å². The van der Waals surface area contributed by atoms with Gasteiger partial charge in [-0.15, -0.1) is 0 Å². The maximum atomic E-state index is 11.5. The largest absolute Gasteiger partial charge is 0.479 e. The smallest absolute Gasteiger partial charge is 0.335 e. The molecule has 8 nitrogen and oxygen atoms in total. The van der Waals surface area contributed by atoms with Crippen LogP contribution in [0.15, 0.2) is 54.6 Å². The number of nitrogens with zero attached hydrogens (tertiary/aromatic N) is 1. The third-order valence-corrected chi connectivity index (χ3v) is 6.35. The van der Waals surface area contributed by atoms with Crippen molar-refractivity contribution in [3.8, 4) is 0 Å². The molecule has 2 aromatic rings. The number of carboxylic acids is 1. The van der Waals surface area contributed by atoms with Gasteiger partial charge >= 0.3 is 5.97 Å². The maximum Gasteiger partial charge on any atom is 0.335 e. The molecule has 34 heavy (non-hydrogen) atoms. The van der Waals surface area contributed by atoms with Gasteiger partial charge in [0.1, 0.15) is 18.3 Å². The van der Waals surface area contributed by atoms with Crippen molar-refractivity contribution in [3.63, 3.8) is 0 Å². The normalized spacial score (nSPS) is 30.0. The molecule has 0 bridgehead atoms. The molecule has 4 rings (SSSR count). The van der Waals surface area contributed by atoms with Crippen LogP contribution in [-0.4, -0.2) is 82.6 Å². The number of benzene rings is 2. The first kappa shape index (κ1) is 24.5. The Labute approximate surface area is 198 Å². The number of fused-ring (bicyclic) bond motifs is 2. The molecule has 1 aliphatic carbocycles. The molecule has 182 valence electrons. The molecule has 1 aliphatic heterocycles. The van der Waals surface area contributed by atoms with Crippen LogP contribution in [0.25, 0.3) is 5.57 Å². The zero-order chi connectivity index (χ0) is 24.4. The molecule has 0 radical (unpaired) electrons. The maximum absolute atomic E-state index is 11.5. The van der Waals surface area contributed by atoms with Crippen molar-refractivity contribution in [1.82, 2.24) is 4.90 Å². The van der Waals surface area contributed by atoms with Gasteiger partial charge in [0, 0.05) is 13.0 Å². The van der Waals surface area contributed by atoms with Crippen molar-refractivity contribution in [2.45, 2.75) is 49.7 Å². The second-order valence-electron chi connectivity index (χ2n) is 9.02. The summed E-state index contributed by atoms with van der Waals surface area (Å²) in [5.41, 5.74) is 5.07. The highest BCUT2D eigenvalue weighted by atomic mass is 16.7. The van der Waals surface area contributed by atoms with E-state index in [4.69, 9.17) is 9.47 Å². The Morgan fingerprint density at radius 1 is 1.03 bits per heavy atom. The quantitative estimate of drug-likeness (QED) is 0.504. The number of rotatable bonds is 6. The Kier molecular flexibility index (Phi) is 7.47. The van der Waals surface area contributed by atoms with Crippen LogP contribution in [-0.2, 0) is 20.7 Å². The highest BCUT2D eigenvalue weighted by molar-refractivity contribution is 5.84. The molecule has 6 unspecified atom stereocenters. The van der Waals surface area contributed by atoms with Crippen LogP contribution < -0.4 is 0 Å². The number of carbonyl (C=O) groups is 1. The first-order valence-electron chi connectivity index (χ1n) is 11.4. The van der Waals surface area contributed by atoms with E-state index in [1.807, 2.05) is 56.6 Å². The minimum Gasteiger partial charge on any atom is -0.479 e. The van der Waals surface area contributed by atoms with Gasteiger partial charge in [-0.1, -0.05) is 54.6 Å². The average molecular weight is 470 g/mol. The fourth-order valence-electron chi connectivity index (χ4n) is 4.57. The third-order valence-electron chi connectivity index (χ3n) is 6.35. The van der Waals surface area contributed by atoms with E-state index in [-0.39, 0.29) is 0 Å². The Morgan fingerprint density at radius 2 is 1.71 bits per heavy atom. The lowest BCUT2D eigenvalue weighted by Gasteiger charge is -2.40. The minimum absolute atomic E-state index is 0.459. The molecule has 0 saturated carbocycles. The Hall–Kier alpha value is -2.59. The summed E-state index contributed by atoms with van der Waals surface area (Å²) in [7, 11) is 4.06. The summed E-state index contributed by atoms with van der Waals surface area (Å²) < 4.78 is 11.6. The molecule has 0 aromatic heterocycles. The van der Waals surface area contributed by atoms with E-state index in [1.165, 1.54) is 0 Å². The van der Waals surface area contributed by atoms with E-state index in [1.54, 1.807) is 0 Å². The van der Waals surface area contributed by atoms with Gasteiger partial charge < -0.3 is 34.8 Å². The molecule has 6 atom stereocenters. The number of aliphatic hydroxyl groups excluding tert-OH is 3. The Morgan fingerprint density at radius 3 is 2.41 bits per heavy atom. The second-order valence-corrected chi connectivity index (χ2v) is 9.02. The first-order chi connectivity index (χ1) is 16.3. The summed E-state index contributed by atoms with van der Waals surface area (Å²) in [4.78, 5) is 13.6. The zero-order valence-electron chi connectivity index (χ0n) is 19.2. The lowest BCUT2D eigenvalue weighted by atomic mass is 9.93. The molecule has 2 aliphatic rings. The molecule has 2 aromatic carbocycles. The topological polar surface area (TPSA) is 120 Å². The van der Waals surface area contributed by atoms with Crippen molar-refractivity contribution in [3.05, 3.63) is 76.9 Å². The summed E-state index contributed by atoms with van der Waals surface area (Å²) in [5.74, 6) is -1.44. The number of aliphatic hydroxyl groups is 3. The van der Waals surface area contributed by atoms with Crippen molar-refractivity contribution in [1.29, 1.82) is 0 Å². The molecule has 1 fully saturated rings. The van der Waals surface area contributed by atoms with E-state index in [0.29, 0.717) is 6.42 Å². The van der Waals surface area contributed by atoms with Gasteiger partial charge in [-0.3, -0.25) is 0 Å². The van der Waals surface area contributed by atoms with E-state index in [2.05, 4.69) is 17.0 Å². The number of ether oxygens (including phenoxy) is 2. The van der Waals surface area contributed by atoms with Crippen molar-refractivity contribution >= 4 is 11.5 Å². The first-order valence-corrected chi connectivity index (χ1v) is 11.4. The number of aliphatic carboxylic acids is 1. The van der Waals surface area contributed by atoms with Crippen LogP contribution >= 0.6 is 0 Å². The second kappa shape index (κ2) is 10.4. The molecule has 1 heterocycles. The van der Waals surface area contributed by atoms with Crippen LogP contribution in [0.5, 0.6) is 0 Å². The SMILES string of the molecule is CN(C)CC/C=C1\c2ccccc2CC(OC2OC(C(=O)O)C(O)C(O)C2O)c2ccccc21. The number of carboxylic acid groups (broad SMARTS) is 1. The van der Waals surface area contributed by atoms with Gasteiger partial charge in [0.05, 0.1) is 6.10 Å². The standard InChI is InChI=1S/C26H31NO7/c1-27(2)13-7-12-17-16-9-4-3-8-15(16)14-20(19-11-6-5-10-18(17)19)33-26-23(30)21(28)22(29)24(34-26)25(31)32/h3-6,8-12,20-24,26,28-30H,7,13-14H2,1-2H3,(H,31,32)/b17-12+. The van der Waals surface area contributed by atoms with Crippen LogP contribution in [0.4, 0.5) is 0 Å². The van der Waals surface area contributed by atoms with Gasteiger partial charge in [-0.25, -0.2) is 4.79 Å². The van der Waals surface area contributed by atoms with Gasteiger partial charge in [-0.05, 0) is 48.3 Å². The predicted octanol–water partition coefficient (Wildman–Crippen LogP) is 1.58. The van der Waals surface area contributed by atoms with Crippen molar-refractivity contribution in [2.24, 2.45) is 0 Å². The molecule has 0 spiro atoms. The Balaban J connectivity index is 1.72. The highest BCUT2D eigenvalue weighted by Gasteiger charge is 2.48. The molecule has 1 saturated heterocycles. The van der Waals surface area contributed by atoms with E-state index in [0.717, 1.165) is 40.8 Å². The lowest BCUT2D eigenvalue weighted by molar-refractivity contribution is -0.305. The van der Waals surface area contributed by atoms with Crippen molar-refractivity contribution in [2.75, 3.05) is 20.6 Å². The third kappa shape index (κ3) is 4.93. The fourth-order valence-corrected chi connectivity index (χ4v) is 4.57. The summed E-state index contributed by atoms with van der Waals surface area (Å²) in [6.45, 7) is 0.895. The highest BCUT2D eigenvalue weighted by Crippen LogP contribution is 2.40. The molecule has 4 N–H and O–H groups in total. The fraction of sp³-hybridized carbons (Fsp3) is 0.423. The van der Waals surface area contributed by atoms with E-state index in [9.17, 15) is 25.2 Å². The van der Waals surface area contributed by atoms with E-state index >= 15 is 0 Å². The van der Waals surface area contributed by atoms with Gasteiger partial charge in [-0.2, -0.15) is 0 Å². The molecular formula is C26H31NO7. The number of hydrogen-bond donors (Lipinski definition) is 4. The average Bonchev–Trinajstić information content (AvgIpc) is 2.94. The summed E-state index contributed by atoms with van der Waals surface area (Å²) in [6.07, 6.45) is -5.27. The predicted molar refractivity (Wildman–Crippen MR) is 125 cm³/mol. The van der Waals surface area contributed by atoms with Crippen LogP contribution in [0.2, 0.25) is 0 Å². The summed E-state index contributed by atoms with van der Waals surface area (Å²) >= 11 is 0.